The molecule has 1 heterocycles. The van der Waals surface area contributed by atoms with Crippen molar-refractivity contribution in [3.63, 3.8) is 0 Å². The summed E-state index contributed by atoms with van der Waals surface area (Å²) in [5, 5.41) is 4.30. The van der Waals surface area contributed by atoms with E-state index in [2.05, 4.69) is 48.3 Å². The number of para-hydroxylation sites is 1. The van der Waals surface area contributed by atoms with Crippen LogP contribution in [0.15, 0.2) is 24.3 Å². The molecule has 0 aromatic heterocycles. The summed E-state index contributed by atoms with van der Waals surface area (Å²) < 4.78 is 0. The lowest BCUT2D eigenvalue weighted by atomic mass is 10.0. The highest BCUT2D eigenvalue weighted by molar-refractivity contribution is 7.80. The van der Waals surface area contributed by atoms with Crippen LogP contribution >= 0.6 is 12.2 Å². The first kappa shape index (κ1) is 13.3. The molecular weight excluding hydrogens is 240 g/mol. The Morgan fingerprint density at radius 2 is 1.83 bits per heavy atom. The molecule has 0 spiro atoms. The van der Waals surface area contributed by atoms with Crippen LogP contribution in [0.1, 0.15) is 44.6 Å². The van der Waals surface area contributed by atoms with E-state index in [0.29, 0.717) is 5.92 Å². The summed E-state index contributed by atoms with van der Waals surface area (Å²) in [6.07, 6.45) is 3.85. The smallest absolute Gasteiger partial charge is 0.173 e. The predicted molar refractivity (Wildman–Crippen MR) is 82.2 cm³/mol. The number of thiocarbonyl (C=S) groups is 1. The molecule has 2 rings (SSSR count). The van der Waals surface area contributed by atoms with Gasteiger partial charge in [0.1, 0.15) is 0 Å². The number of nitrogens with zero attached hydrogens (tertiary/aromatic N) is 1. The van der Waals surface area contributed by atoms with Crippen LogP contribution < -0.4 is 5.32 Å². The van der Waals surface area contributed by atoms with Crippen molar-refractivity contribution in [1.82, 2.24) is 4.90 Å². The third-order valence-electron chi connectivity index (χ3n) is 3.47. The highest BCUT2D eigenvalue weighted by atomic mass is 32.1. The van der Waals surface area contributed by atoms with Gasteiger partial charge in [-0.3, -0.25) is 0 Å². The normalized spacial score (nSPS) is 15.8. The molecule has 1 N–H and O–H groups in total. The summed E-state index contributed by atoms with van der Waals surface area (Å²) in [5.74, 6) is 0.512. The number of likely N-dealkylation sites (tertiary alicyclic amines) is 1. The Hall–Kier alpha value is -1.09. The Morgan fingerprint density at radius 3 is 2.50 bits per heavy atom. The van der Waals surface area contributed by atoms with Crippen molar-refractivity contribution in [1.29, 1.82) is 0 Å². The highest BCUT2D eigenvalue weighted by Crippen LogP contribution is 2.24. The van der Waals surface area contributed by atoms with E-state index in [9.17, 15) is 0 Å². The van der Waals surface area contributed by atoms with Gasteiger partial charge >= 0.3 is 0 Å². The number of benzene rings is 1. The third kappa shape index (κ3) is 3.22. The van der Waals surface area contributed by atoms with E-state index in [1.54, 1.807) is 0 Å². The fourth-order valence-electron chi connectivity index (χ4n) is 2.41. The highest BCUT2D eigenvalue weighted by Gasteiger charge is 2.14. The Bertz CT molecular complexity index is 409. The van der Waals surface area contributed by atoms with Gasteiger partial charge in [0.05, 0.1) is 0 Å². The quantitative estimate of drug-likeness (QED) is 0.811. The first-order valence-corrected chi connectivity index (χ1v) is 7.24. The van der Waals surface area contributed by atoms with Gasteiger partial charge in [-0.05, 0) is 49.0 Å². The molecule has 0 unspecified atom stereocenters. The van der Waals surface area contributed by atoms with Crippen molar-refractivity contribution in [2.75, 3.05) is 18.4 Å². The Kier molecular flexibility index (Phi) is 4.59. The van der Waals surface area contributed by atoms with Crippen LogP contribution in [0.5, 0.6) is 0 Å². The molecule has 0 radical (unpaired) electrons. The van der Waals surface area contributed by atoms with Crippen LogP contribution in [0.3, 0.4) is 0 Å². The van der Waals surface area contributed by atoms with Crippen LogP contribution in [0.25, 0.3) is 0 Å². The topological polar surface area (TPSA) is 15.3 Å². The standard InChI is InChI=1S/C15H22N2S/c1-12(2)13-8-4-5-9-14(13)16-15(18)17-10-6-3-7-11-17/h4-5,8-9,12H,3,6-7,10-11H2,1-2H3,(H,16,18). The van der Waals surface area contributed by atoms with Gasteiger partial charge in [0.15, 0.2) is 5.11 Å². The summed E-state index contributed by atoms with van der Waals surface area (Å²) in [6.45, 7) is 6.61. The molecule has 18 heavy (non-hydrogen) atoms. The minimum absolute atomic E-state index is 0.512. The summed E-state index contributed by atoms with van der Waals surface area (Å²) in [7, 11) is 0. The van der Waals surface area contributed by atoms with Gasteiger partial charge in [0.25, 0.3) is 0 Å². The molecule has 1 aliphatic rings. The van der Waals surface area contributed by atoms with Gasteiger partial charge in [-0.2, -0.15) is 0 Å². The summed E-state index contributed by atoms with van der Waals surface area (Å²) in [6, 6.07) is 8.44. The molecule has 1 aromatic carbocycles. The van der Waals surface area contributed by atoms with E-state index >= 15 is 0 Å². The number of anilines is 1. The first-order chi connectivity index (χ1) is 8.68. The van der Waals surface area contributed by atoms with Gasteiger partial charge < -0.3 is 10.2 Å². The van der Waals surface area contributed by atoms with Gasteiger partial charge in [-0.1, -0.05) is 32.0 Å². The van der Waals surface area contributed by atoms with Crippen LogP contribution in [-0.2, 0) is 0 Å². The number of hydrogen-bond donors (Lipinski definition) is 1. The summed E-state index contributed by atoms with van der Waals surface area (Å²) >= 11 is 5.52. The lowest BCUT2D eigenvalue weighted by Gasteiger charge is -2.30. The summed E-state index contributed by atoms with van der Waals surface area (Å²) in [5.41, 5.74) is 2.49. The van der Waals surface area contributed by atoms with Crippen LogP contribution in [0, 0.1) is 0 Å². The molecule has 0 bridgehead atoms. The van der Waals surface area contributed by atoms with E-state index in [0.717, 1.165) is 23.9 Å². The maximum atomic E-state index is 5.52. The molecule has 98 valence electrons. The SMILES string of the molecule is CC(C)c1ccccc1NC(=S)N1CCCCC1. The fraction of sp³-hybridized carbons (Fsp3) is 0.533. The number of piperidine rings is 1. The molecule has 1 aliphatic heterocycles. The van der Waals surface area contributed by atoms with Crippen molar-refractivity contribution in [2.24, 2.45) is 0 Å². The molecule has 0 atom stereocenters. The summed E-state index contributed by atoms with van der Waals surface area (Å²) in [4.78, 5) is 2.29. The molecule has 1 fully saturated rings. The van der Waals surface area contributed by atoms with Crippen LogP contribution in [0.2, 0.25) is 0 Å². The van der Waals surface area contributed by atoms with Gasteiger partial charge in [0.2, 0.25) is 0 Å². The maximum absolute atomic E-state index is 5.52. The lowest BCUT2D eigenvalue weighted by Crippen LogP contribution is -2.38. The average molecular weight is 262 g/mol. The monoisotopic (exact) mass is 262 g/mol. The van der Waals surface area contributed by atoms with E-state index in [4.69, 9.17) is 12.2 Å². The predicted octanol–water partition coefficient (Wildman–Crippen LogP) is 3.99. The zero-order valence-corrected chi connectivity index (χ0v) is 12.1. The Labute approximate surface area is 115 Å². The minimum Gasteiger partial charge on any atom is -0.349 e. The van der Waals surface area contributed by atoms with Crippen LogP contribution in [-0.4, -0.2) is 23.1 Å². The third-order valence-corrected chi connectivity index (χ3v) is 3.83. The number of hydrogen-bond acceptors (Lipinski definition) is 1. The number of rotatable bonds is 2. The van der Waals surface area contributed by atoms with Crippen molar-refractivity contribution >= 4 is 23.0 Å². The molecule has 2 nitrogen and oxygen atoms in total. The Balaban J connectivity index is 2.06. The van der Waals surface area contributed by atoms with Gasteiger partial charge in [0, 0.05) is 18.8 Å². The molecule has 0 aliphatic carbocycles. The molecule has 1 saturated heterocycles. The first-order valence-electron chi connectivity index (χ1n) is 6.83. The van der Waals surface area contributed by atoms with Gasteiger partial charge in [-0.15, -0.1) is 0 Å². The van der Waals surface area contributed by atoms with E-state index in [1.165, 1.54) is 24.8 Å². The van der Waals surface area contributed by atoms with E-state index < -0.39 is 0 Å². The maximum Gasteiger partial charge on any atom is 0.173 e. The van der Waals surface area contributed by atoms with Crippen molar-refractivity contribution in [2.45, 2.75) is 39.0 Å². The molecule has 3 heteroatoms. The average Bonchev–Trinajstić information content (AvgIpc) is 2.40. The second-order valence-electron chi connectivity index (χ2n) is 5.22. The molecule has 0 saturated carbocycles. The molecule has 1 aromatic rings. The van der Waals surface area contributed by atoms with Crippen LogP contribution in [0.4, 0.5) is 5.69 Å². The molecular formula is C15H22N2S. The van der Waals surface area contributed by atoms with E-state index in [-0.39, 0.29) is 0 Å². The van der Waals surface area contributed by atoms with Crippen molar-refractivity contribution < 1.29 is 0 Å². The Morgan fingerprint density at radius 1 is 1.17 bits per heavy atom. The van der Waals surface area contributed by atoms with Crippen molar-refractivity contribution in [3.8, 4) is 0 Å². The zero-order chi connectivity index (χ0) is 13.0. The minimum atomic E-state index is 0.512. The van der Waals surface area contributed by atoms with Crippen molar-refractivity contribution in [3.05, 3.63) is 29.8 Å². The second kappa shape index (κ2) is 6.19. The number of nitrogens with one attached hydrogen (secondary N) is 1. The molecule has 0 amide bonds. The lowest BCUT2D eigenvalue weighted by molar-refractivity contribution is 0.346. The van der Waals surface area contributed by atoms with Gasteiger partial charge in [-0.25, -0.2) is 0 Å². The second-order valence-corrected chi connectivity index (χ2v) is 5.61. The van der Waals surface area contributed by atoms with E-state index in [1.807, 2.05) is 0 Å². The fourth-order valence-corrected chi connectivity index (χ4v) is 2.70. The zero-order valence-electron chi connectivity index (χ0n) is 11.3. The largest absolute Gasteiger partial charge is 0.349 e.